The van der Waals surface area contributed by atoms with E-state index in [9.17, 15) is 4.79 Å². The predicted molar refractivity (Wildman–Crippen MR) is 48.3 cm³/mol. The van der Waals surface area contributed by atoms with Gasteiger partial charge in [0.15, 0.2) is 0 Å². The van der Waals surface area contributed by atoms with E-state index in [2.05, 4.69) is 0 Å². The molecule has 1 rings (SSSR count). The van der Waals surface area contributed by atoms with E-state index in [0.717, 1.165) is 13.0 Å². The van der Waals surface area contributed by atoms with Crippen molar-refractivity contribution in [2.45, 2.75) is 6.42 Å². The van der Waals surface area contributed by atoms with E-state index in [-0.39, 0.29) is 18.3 Å². The summed E-state index contributed by atoms with van der Waals surface area (Å²) in [5.74, 6) is 1.57. The molecule has 1 aliphatic heterocycles. The largest absolute Gasteiger partial charge is 0.396 e. The first-order valence-corrected chi connectivity index (χ1v) is 5.29. The molecule has 3 nitrogen and oxygen atoms in total. The van der Waals surface area contributed by atoms with Gasteiger partial charge in [-0.2, -0.15) is 11.8 Å². The molecule has 4 heteroatoms. The molecule has 0 aliphatic carbocycles. The van der Waals surface area contributed by atoms with Gasteiger partial charge in [0.1, 0.15) is 5.78 Å². The van der Waals surface area contributed by atoms with Crippen LogP contribution in [0.15, 0.2) is 0 Å². The second kappa shape index (κ2) is 5.56. The number of Topliss-reactive ketones (excluding diaryl/α,β-unsaturated/α-hetero) is 1. The summed E-state index contributed by atoms with van der Waals surface area (Å²) in [6.45, 7) is 1.47. The maximum absolute atomic E-state index is 11.3. The Bertz CT molecular complexity index is 143. The first kappa shape index (κ1) is 10.0. The van der Waals surface area contributed by atoms with Crippen molar-refractivity contribution < 1.29 is 14.6 Å². The summed E-state index contributed by atoms with van der Waals surface area (Å²) in [6, 6.07) is 0. The number of aliphatic hydroxyl groups excluding tert-OH is 1. The summed E-state index contributed by atoms with van der Waals surface area (Å²) >= 11 is 1.49. The molecule has 0 aromatic heterocycles. The molecule has 0 aromatic carbocycles. The van der Waals surface area contributed by atoms with Gasteiger partial charge in [0.2, 0.25) is 0 Å². The van der Waals surface area contributed by atoms with Crippen LogP contribution in [0.5, 0.6) is 0 Å². The van der Waals surface area contributed by atoms with Crippen LogP contribution in [0, 0.1) is 5.92 Å². The lowest BCUT2D eigenvalue weighted by Gasteiger charge is -2.04. The second-order valence-corrected chi connectivity index (χ2v) is 3.91. The highest BCUT2D eigenvalue weighted by Gasteiger charge is 2.22. The normalized spacial score (nSPS) is 22.9. The Balaban J connectivity index is 2.10. The van der Waals surface area contributed by atoms with Gasteiger partial charge in [0.25, 0.3) is 0 Å². The van der Waals surface area contributed by atoms with Gasteiger partial charge in [-0.15, -0.1) is 0 Å². The minimum absolute atomic E-state index is 0.121. The van der Waals surface area contributed by atoms with Crippen LogP contribution in [0.25, 0.3) is 0 Å². The summed E-state index contributed by atoms with van der Waals surface area (Å²) in [5, 5.41) is 8.49. The number of rotatable bonds is 5. The van der Waals surface area contributed by atoms with E-state index in [1.54, 1.807) is 0 Å². The summed E-state index contributed by atoms with van der Waals surface area (Å²) in [6.07, 6.45) is 0.874. The van der Waals surface area contributed by atoms with E-state index >= 15 is 0 Å². The molecule has 1 fully saturated rings. The van der Waals surface area contributed by atoms with Crippen molar-refractivity contribution >= 4 is 17.5 Å². The fraction of sp³-hybridized carbons (Fsp3) is 0.875. The third kappa shape index (κ3) is 3.13. The summed E-state index contributed by atoms with van der Waals surface area (Å²) in [7, 11) is 0. The standard InChI is InChI=1S/C8H14O3S/c9-2-4-12-6-8(10)7-1-3-11-5-7/h7,9H,1-6H2. The number of carbonyl (C=O) groups is 1. The number of thioether (sulfide) groups is 1. The summed E-state index contributed by atoms with van der Waals surface area (Å²) < 4.78 is 5.11. The molecule has 1 aliphatic rings. The molecule has 0 aromatic rings. The van der Waals surface area contributed by atoms with E-state index in [4.69, 9.17) is 9.84 Å². The molecule has 70 valence electrons. The number of hydrogen-bond donors (Lipinski definition) is 1. The van der Waals surface area contributed by atoms with Gasteiger partial charge >= 0.3 is 0 Å². The van der Waals surface area contributed by atoms with Crippen LogP contribution < -0.4 is 0 Å². The maximum atomic E-state index is 11.3. The zero-order valence-electron chi connectivity index (χ0n) is 6.99. The van der Waals surface area contributed by atoms with Gasteiger partial charge in [-0.1, -0.05) is 0 Å². The molecule has 1 saturated heterocycles. The topological polar surface area (TPSA) is 46.5 Å². The average molecular weight is 190 g/mol. The molecule has 0 saturated carbocycles. The van der Waals surface area contributed by atoms with Crippen LogP contribution >= 0.6 is 11.8 Å². The zero-order valence-corrected chi connectivity index (χ0v) is 7.81. The van der Waals surface area contributed by atoms with Gasteiger partial charge < -0.3 is 9.84 Å². The Labute approximate surface area is 76.5 Å². The number of carbonyl (C=O) groups excluding carboxylic acids is 1. The highest BCUT2D eigenvalue weighted by molar-refractivity contribution is 7.99. The van der Waals surface area contributed by atoms with Crippen molar-refractivity contribution in [1.29, 1.82) is 0 Å². The number of hydrogen-bond acceptors (Lipinski definition) is 4. The maximum Gasteiger partial charge on any atom is 0.148 e. The fourth-order valence-corrected chi connectivity index (χ4v) is 1.85. The molecular weight excluding hydrogens is 176 g/mol. The predicted octanol–water partition coefficient (Wildman–Crippen LogP) is 0.318. The lowest BCUT2D eigenvalue weighted by molar-refractivity contribution is -0.120. The molecule has 0 amide bonds. The molecule has 1 unspecified atom stereocenters. The average Bonchev–Trinajstić information content (AvgIpc) is 2.56. The third-order valence-electron chi connectivity index (χ3n) is 1.86. The Morgan fingerprint density at radius 2 is 2.50 bits per heavy atom. The first-order chi connectivity index (χ1) is 5.84. The SMILES string of the molecule is O=C(CSCCO)C1CCOC1. The van der Waals surface area contributed by atoms with Crippen LogP contribution in [0.1, 0.15) is 6.42 Å². The number of aliphatic hydroxyl groups is 1. The van der Waals surface area contributed by atoms with Gasteiger partial charge in [-0.3, -0.25) is 4.79 Å². The lowest BCUT2D eigenvalue weighted by Crippen LogP contribution is -2.16. The van der Waals surface area contributed by atoms with Crippen LogP contribution in [0.2, 0.25) is 0 Å². The van der Waals surface area contributed by atoms with Crippen LogP contribution in [0.4, 0.5) is 0 Å². The molecule has 0 spiro atoms. The molecule has 12 heavy (non-hydrogen) atoms. The Hall–Kier alpha value is -0.0600. The second-order valence-electron chi connectivity index (χ2n) is 2.80. The summed E-state index contributed by atoms with van der Waals surface area (Å²) in [5.41, 5.74) is 0. The minimum atomic E-state index is 0.121. The molecule has 1 N–H and O–H groups in total. The van der Waals surface area contributed by atoms with Crippen molar-refractivity contribution in [3.63, 3.8) is 0 Å². The minimum Gasteiger partial charge on any atom is -0.396 e. The van der Waals surface area contributed by atoms with Crippen molar-refractivity contribution in [1.82, 2.24) is 0 Å². The van der Waals surface area contributed by atoms with E-state index in [1.165, 1.54) is 11.8 Å². The number of ketones is 1. The van der Waals surface area contributed by atoms with Gasteiger partial charge in [0, 0.05) is 18.3 Å². The van der Waals surface area contributed by atoms with Gasteiger partial charge in [-0.25, -0.2) is 0 Å². The monoisotopic (exact) mass is 190 g/mol. The van der Waals surface area contributed by atoms with Gasteiger partial charge in [0.05, 0.1) is 19.0 Å². The van der Waals surface area contributed by atoms with Crippen molar-refractivity contribution in [3.05, 3.63) is 0 Å². The molecule has 1 atom stereocenters. The Morgan fingerprint density at radius 3 is 3.08 bits per heavy atom. The van der Waals surface area contributed by atoms with Crippen molar-refractivity contribution in [3.8, 4) is 0 Å². The molecular formula is C8H14O3S. The highest BCUT2D eigenvalue weighted by atomic mass is 32.2. The fourth-order valence-electron chi connectivity index (χ4n) is 1.14. The summed E-state index contributed by atoms with van der Waals surface area (Å²) in [4.78, 5) is 11.3. The van der Waals surface area contributed by atoms with Crippen LogP contribution in [-0.2, 0) is 9.53 Å². The highest BCUT2D eigenvalue weighted by Crippen LogP contribution is 2.15. The zero-order chi connectivity index (χ0) is 8.81. The van der Waals surface area contributed by atoms with E-state index in [1.807, 2.05) is 0 Å². The first-order valence-electron chi connectivity index (χ1n) is 4.13. The van der Waals surface area contributed by atoms with Crippen LogP contribution in [-0.4, -0.2) is 42.2 Å². The number of ether oxygens (including phenoxy) is 1. The molecule has 0 bridgehead atoms. The van der Waals surface area contributed by atoms with Crippen molar-refractivity contribution in [2.24, 2.45) is 5.92 Å². The smallest absolute Gasteiger partial charge is 0.148 e. The van der Waals surface area contributed by atoms with Crippen LogP contribution in [0.3, 0.4) is 0 Å². The third-order valence-corrected chi connectivity index (χ3v) is 2.82. The molecule has 0 radical (unpaired) electrons. The quantitative estimate of drug-likeness (QED) is 0.634. The Kier molecular flexibility index (Phi) is 4.65. The van der Waals surface area contributed by atoms with E-state index in [0.29, 0.717) is 18.1 Å². The van der Waals surface area contributed by atoms with Gasteiger partial charge in [-0.05, 0) is 6.42 Å². The van der Waals surface area contributed by atoms with Crippen molar-refractivity contribution in [2.75, 3.05) is 31.3 Å². The lowest BCUT2D eigenvalue weighted by atomic mass is 10.1. The molecule has 1 heterocycles. The van der Waals surface area contributed by atoms with E-state index < -0.39 is 0 Å². The Morgan fingerprint density at radius 1 is 1.67 bits per heavy atom.